The van der Waals surface area contributed by atoms with E-state index in [0.717, 1.165) is 16.2 Å². The summed E-state index contributed by atoms with van der Waals surface area (Å²) in [6.45, 7) is 0.0516. The molecule has 0 bridgehead atoms. The number of carbonyl (C=O) groups is 2. The molecule has 2 unspecified atom stereocenters. The number of halogens is 1. The van der Waals surface area contributed by atoms with Crippen molar-refractivity contribution in [1.29, 1.82) is 0 Å². The van der Waals surface area contributed by atoms with Crippen LogP contribution in [-0.4, -0.2) is 36.8 Å². The molecule has 0 fully saturated rings. The van der Waals surface area contributed by atoms with E-state index in [0.29, 0.717) is 17.2 Å². The minimum Gasteiger partial charge on any atom is -0.459 e. The second-order valence-corrected chi connectivity index (χ2v) is 10.3. The van der Waals surface area contributed by atoms with Crippen molar-refractivity contribution in [3.05, 3.63) is 101 Å². The van der Waals surface area contributed by atoms with Crippen LogP contribution in [0.4, 0.5) is 0 Å². The van der Waals surface area contributed by atoms with Crippen LogP contribution in [0.2, 0.25) is 5.02 Å². The fourth-order valence-corrected chi connectivity index (χ4v) is 4.68. The van der Waals surface area contributed by atoms with Gasteiger partial charge in [0.25, 0.3) is 0 Å². The summed E-state index contributed by atoms with van der Waals surface area (Å²) in [6.07, 6.45) is 0.116. The van der Waals surface area contributed by atoms with Gasteiger partial charge in [0, 0.05) is 12.1 Å². The molecule has 3 rings (SSSR count). The third-order valence-electron chi connectivity index (χ3n) is 5.14. The van der Waals surface area contributed by atoms with Gasteiger partial charge >= 0.3 is 13.6 Å². The van der Waals surface area contributed by atoms with Crippen LogP contribution in [0.25, 0.3) is 0 Å². The predicted octanol–water partition coefficient (Wildman–Crippen LogP) is 5.65. The van der Waals surface area contributed by atoms with Gasteiger partial charge in [0.2, 0.25) is 6.41 Å². The van der Waals surface area contributed by atoms with Crippen LogP contribution in [0.5, 0.6) is 5.75 Å². The molecule has 0 N–H and O–H groups in total. The fraction of sp³-hybridized carbons (Fsp3) is 0.231. The Balaban J connectivity index is 1.72. The molecule has 0 radical (unpaired) electrons. The lowest BCUT2D eigenvalue weighted by atomic mass is 10.2. The standard InChI is InChI=1S/C26H27ClNO7P/c1-32-36(31,35-24-14-12-23(27)13-15-24)17-16-25(26(30)33-18-21-8-4-2-5-9-21)28(20-29)34-19-22-10-6-3-7-11-22/h2-15,20,25H,16-19H2,1H3. The van der Waals surface area contributed by atoms with Gasteiger partial charge in [-0.05, 0) is 41.8 Å². The molecule has 0 aliphatic carbocycles. The van der Waals surface area contributed by atoms with Gasteiger partial charge in [0.05, 0.1) is 6.16 Å². The summed E-state index contributed by atoms with van der Waals surface area (Å²) in [5.74, 6) is -0.423. The number of carbonyl (C=O) groups excluding carboxylic acids is 2. The highest BCUT2D eigenvalue weighted by molar-refractivity contribution is 7.54. The summed E-state index contributed by atoms with van der Waals surface area (Å²) in [5.41, 5.74) is 1.58. The van der Waals surface area contributed by atoms with Gasteiger partial charge in [-0.1, -0.05) is 72.3 Å². The van der Waals surface area contributed by atoms with Gasteiger partial charge in [0.15, 0.2) is 6.04 Å². The van der Waals surface area contributed by atoms with Crippen LogP contribution >= 0.6 is 19.2 Å². The number of nitrogens with zero attached hydrogens (tertiary/aromatic N) is 1. The molecular weight excluding hydrogens is 505 g/mol. The van der Waals surface area contributed by atoms with Crippen molar-refractivity contribution < 1.29 is 32.8 Å². The summed E-state index contributed by atoms with van der Waals surface area (Å²) in [4.78, 5) is 30.6. The number of rotatable bonds is 14. The van der Waals surface area contributed by atoms with E-state index in [1.807, 2.05) is 60.7 Å². The van der Waals surface area contributed by atoms with Crippen molar-refractivity contribution in [3.63, 3.8) is 0 Å². The van der Waals surface area contributed by atoms with Crippen molar-refractivity contribution in [1.82, 2.24) is 5.06 Å². The van der Waals surface area contributed by atoms with E-state index in [2.05, 4.69) is 0 Å². The first kappa shape index (κ1) is 27.4. The molecule has 3 aromatic rings. The Bertz CT molecular complexity index is 1150. The molecule has 8 nitrogen and oxygen atoms in total. The largest absolute Gasteiger partial charge is 0.459 e. The summed E-state index contributed by atoms with van der Waals surface area (Å²) in [5, 5.41) is 1.37. The number of esters is 1. The number of hydrogen-bond donors (Lipinski definition) is 0. The fourth-order valence-electron chi connectivity index (χ4n) is 3.20. The molecule has 0 heterocycles. The molecule has 0 aliphatic rings. The quantitative estimate of drug-likeness (QED) is 0.115. The average Bonchev–Trinajstić information content (AvgIpc) is 2.91. The Labute approximate surface area is 215 Å². The number of hydroxylamine groups is 2. The van der Waals surface area contributed by atoms with E-state index >= 15 is 0 Å². The summed E-state index contributed by atoms with van der Waals surface area (Å²) in [7, 11) is -2.43. The normalized spacial score (nSPS) is 13.3. The first-order chi connectivity index (χ1) is 17.4. The van der Waals surface area contributed by atoms with E-state index in [4.69, 9.17) is 30.2 Å². The highest BCUT2D eigenvalue weighted by Gasteiger charge is 2.33. The van der Waals surface area contributed by atoms with E-state index < -0.39 is 19.6 Å². The first-order valence-electron chi connectivity index (χ1n) is 11.1. The zero-order valence-corrected chi connectivity index (χ0v) is 21.3. The van der Waals surface area contributed by atoms with E-state index in [-0.39, 0.29) is 25.8 Å². The van der Waals surface area contributed by atoms with Crippen LogP contribution in [0, 0.1) is 0 Å². The molecule has 3 aromatic carbocycles. The van der Waals surface area contributed by atoms with E-state index in [1.54, 1.807) is 24.3 Å². The lowest BCUT2D eigenvalue weighted by molar-refractivity contribution is -0.203. The molecule has 0 aliphatic heterocycles. The summed E-state index contributed by atoms with van der Waals surface area (Å²) < 4.78 is 29.5. The Morgan fingerprint density at radius 3 is 2.08 bits per heavy atom. The van der Waals surface area contributed by atoms with Crippen molar-refractivity contribution in [2.24, 2.45) is 0 Å². The van der Waals surface area contributed by atoms with Crippen molar-refractivity contribution in [2.45, 2.75) is 25.7 Å². The molecule has 0 aromatic heterocycles. The molecule has 1 amide bonds. The minimum atomic E-state index is -3.68. The van der Waals surface area contributed by atoms with Crippen molar-refractivity contribution in [3.8, 4) is 5.75 Å². The van der Waals surface area contributed by atoms with E-state index in [1.165, 1.54) is 7.11 Å². The Morgan fingerprint density at radius 2 is 1.53 bits per heavy atom. The lowest BCUT2D eigenvalue weighted by Crippen LogP contribution is -2.42. The molecule has 10 heteroatoms. The van der Waals surface area contributed by atoms with Gasteiger partial charge in [-0.25, -0.2) is 14.4 Å². The Hall–Kier alpha value is -3.16. The highest BCUT2D eigenvalue weighted by atomic mass is 35.5. The number of benzene rings is 3. The molecule has 0 spiro atoms. The van der Waals surface area contributed by atoms with Gasteiger partial charge in [-0.15, -0.1) is 0 Å². The van der Waals surface area contributed by atoms with Crippen LogP contribution in [0.15, 0.2) is 84.9 Å². The first-order valence-corrected chi connectivity index (χ1v) is 13.2. The van der Waals surface area contributed by atoms with Gasteiger partial charge in [0.1, 0.15) is 19.0 Å². The second-order valence-electron chi connectivity index (χ2n) is 7.68. The SMILES string of the molecule is COP(=O)(CCC(C(=O)OCc1ccccc1)N(C=O)OCc1ccccc1)Oc1ccc(Cl)cc1. The molecule has 0 saturated heterocycles. The summed E-state index contributed by atoms with van der Waals surface area (Å²) >= 11 is 5.89. The van der Waals surface area contributed by atoms with Gasteiger partial charge < -0.3 is 13.8 Å². The van der Waals surface area contributed by atoms with Gasteiger partial charge in [-0.3, -0.25) is 9.63 Å². The van der Waals surface area contributed by atoms with Crippen LogP contribution < -0.4 is 4.52 Å². The topological polar surface area (TPSA) is 91.4 Å². The highest BCUT2D eigenvalue weighted by Crippen LogP contribution is 2.48. The van der Waals surface area contributed by atoms with Crippen LogP contribution in [0.3, 0.4) is 0 Å². The van der Waals surface area contributed by atoms with Gasteiger partial charge in [-0.2, -0.15) is 0 Å². The zero-order valence-electron chi connectivity index (χ0n) is 19.7. The maximum atomic E-state index is 13.3. The van der Waals surface area contributed by atoms with Crippen molar-refractivity contribution >= 4 is 31.6 Å². The average molecular weight is 532 g/mol. The minimum absolute atomic E-state index is 0.00473. The number of amides is 1. The summed E-state index contributed by atoms with van der Waals surface area (Å²) in [6, 6.07) is 23.4. The third kappa shape index (κ3) is 8.50. The Morgan fingerprint density at radius 1 is 0.944 bits per heavy atom. The molecule has 190 valence electrons. The monoisotopic (exact) mass is 531 g/mol. The Kier molecular flexibility index (Phi) is 10.5. The molecular formula is C26H27ClNO7P. The lowest BCUT2D eigenvalue weighted by Gasteiger charge is -2.27. The predicted molar refractivity (Wildman–Crippen MR) is 135 cm³/mol. The molecule has 0 saturated carbocycles. The molecule has 2 atom stereocenters. The van der Waals surface area contributed by atoms with Crippen LogP contribution in [-0.2, 0) is 41.5 Å². The number of ether oxygens (including phenoxy) is 1. The van der Waals surface area contributed by atoms with E-state index in [9.17, 15) is 14.2 Å². The van der Waals surface area contributed by atoms with Crippen molar-refractivity contribution in [2.75, 3.05) is 13.3 Å². The molecule has 36 heavy (non-hydrogen) atoms. The van der Waals surface area contributed by atoms with Crippen LogP contribution in [0.1, 0.15) is 17.5 Å². The number of hydrogen-bond acceptors (Lipinski definition) is 7. The zero-order chi connectivity index (χ0) is 25.8. The second kappa shape index (κ2) is 13.8. The third-order valence-corrected chi connectivity index (χ3v) is 7.25. The maximum Gasteiger partial charge on any atom is 0.379 e. The smallest absolute Gasteiger partial charge is 0.379 e. The maximum absolute atomic E-state index is 13.3.